The van der Waals surface area contributed by atoms with Gasteiger partial charge in [0, 0.05) is 35.6 Å². The van der Waals surface area contributed by atoms with Gasteiger partial charge in [0.05, 0.1) is 0 Å². The number of nitrogens with one attached hydrogen (secondary N) is 1. The molecule has 0 amide bonds. The minimum atomic E-state index is 0.900. The summed E-state index contributed by atoms with van der Waals surface area (Å²) < 4.78 is 0. The normalized spacial score (nSPS) is 18.4. The molecular formula is C31H31N3. The molecule has 1 aliphatic carbocycles. The van der Waals surface area contributed by atoms with Crippen molar-refractivity contribution in [2.24, 2.45) is 11.8 Å². The van der Waals surface area contributed by atoms with Gasteiger partial charge in [-0.2, -0.15) is 0 Å². The van der Waals surface area contributed by atoms with Gasteiger partial charge in [-0.1, -0.05) is 48.5 Å². The molecule has 5 aromatic rings. The van der Waals surface area contributed by atoms with Gasteiger partial charge >= 0.3 is 0 Å². The van der Waals surface area contributed by atoms with Crippen LogP contribution in [0.15, 0.2) is 85.5 Å². The van der Waals surface area contributed by atoms with Crippen molar-refractivity contribution in [2.45, 2.75) is 32.1 Å². The number of hydrogen-bond donors (Lipinski definition) is 1. The molecule has 1 N–H and O–H groups in total. The number of fused-ring (bicyclic) bond motifs is 6. The fourth-order valence-corrected chi connectivity index (χ4v) is 6.04. The van der Waals surface area contributed by atoms with Crippen LogP contribution in [0.25, 0.3) is 32.3 Å². The molecule has 2 aromatic heterocycles. The van der Waals surface area contributed by atoms with Gasteiger partial charge in [0.1, 0.15) is 0 Å². The summed E-state index contributed by atoms with van der Waals surface area (Å²) in [7, 11) is 0. The third-order valence-corrected chi connectivity index (χ3v) is 7.87. The summed E-state index contributed by atoms with van der Waals surface area (Å²) in [5.74, 6) is 1.84. The summed E-state index contributed by atoms with van der Waals surface area (Å²) >= 11 is 0. The van der Waals surface area contributed by atoms with E-state index >= 15 is 0 Å². The molecule has 1 aliphatic heterocycles. The highest BCUT2D eigenvalue weighted by atomic mass is 14.9. The molecule has 3 nitrogen and oxygen atoms in total. The quantitative estimate of drug-likeness (QED) is 0.291. The molecule has 1 atom stereocenters. The second kappa shape index (κ2) is 9.52. The summed E-state index contributed by atoms with van der Waals surface area (Å²) in [5.41, 5.74) is 3.25. The van der Waals surface area contributed by atoms with Crippen LogP contribution in [0, 0.1) is 11.8 Å². The van der Waals surface area contributed by atoms with Crippen LogP contribution in [0.2, 0.25) is 0 Å². The molecule has 3 aromatic carbocycles. The summed E-state index contributed by atoms with van der Waals surface area (Å²) in [4.78, 5) is 7.97. The van der Waals surface area contributed by atoms with E-state index in [9.17, 15) is 0 Å². The van der Waals surface area contributed by atoms with Gasteiger partial charge in [-0.25, -0.2) is 0 Å². The first-order valence-corrected chi connectivity index (χ1v) is 12.6. The van der Waals surface area contributed by atoms with Crippen LogP contribution >= 0.6 is 0 Å². The van der Waals surface area contributed by atoms with Crippen LogP contribution in [0.4, 0.5) is 0 Å². The second-order valence-electron chi connectivity index (χ2n) is 9.77. The zero-order valence-electron chi connectivity index (χ0n) is 19.6. The number of rotatable bonds is 1. The van der Waals surface area contributed by atoms with Gasteiger partial charge in [-0.3, -0.25) is 9.97 Å². The first kappa shape index (κ1) is 21.2. The fraction of sp³-hybridized carbons (Fsp3) is 0.290. The van der Waals surface area contributed by atoms with E-state index in [2.05, 4.69) is 63.8 Å². The molecular weight excluding hydrogens is 414 g/mol. The Morgan fingerprint density at radius 2 is 1.35 bits per heavy atom. The third kappa shape index (κ3) is 4.17. The molecule has 7 rings (SSSR count). The van der Waals surface area contributed by atoms with Crippen LogP contribution in [-0.4, -0.2) is 23.1 Å². The highest BCUT2D eigenvalue weighted by Crippen LogP contribution is 2.38. The fourth-order valence-electron chi connectivity index (χ4n) is 6.04. The summed E-state index contributed by atoms with van der Waals surface area (Å²) in [5, 5.41) is 11.5. The highest BCUT2D eigenvalue weighted by Gasteiger charge is 2.28. The predicted molar refractivity (Wildman–Crippen MR) is 142 cm³/mol. The molecule has 1 fully saturated rings. The minimum Gasteiger partial charge on any atom is -0.317 e. The standard InChI is InChI=1S/C23H25N.C8H6N2/c1-2-4-20-17(3-1)5-9-23-21-8-6-18(16-11-13-24-14-12-16)15-19(21)7-10-22(20)23;1-3-9-6-8-2-4-10-5-7(1)8/h1-5,7,9-10,16,18,24H,6,8,11-15H2;1-6H. The van der Waals surface area contributed by atoms with Crippen LogP contribution in [0.1, 0.15) is 30.4 Å². The molecule has 0 saturated carbocycles. The van der Waals surface area contributed by atoms with Gasteiger partial charge in [0.2, 0.25) is 0 Å². The van der Waals surface area contributed by atoms with Gasteiger partial charge in [0.25, 0.3) is 0 Å². The molecule has 1 saturated heterocycles. The van der Waals surface area contributed by atoms with Gasteiger partial charge < -0.3 is 5.32 Å². The van der Waals surface area contributed by atoms with Crippen molar-refractivity contribution in [3.63, 3.8) is 0 Å². The number of aryl methyl sites for hydroxylation is 1. The Morgan fingerprint density at radius 3 is 2.15 bits per heavy atom. The molecule has 3 heteroatoms. The first-order chi connectivity index (χ1) is 16.9. The lowest BCUT2D eigenvalue weighted by Gasteiger charge is -2.34. The largest absolute Gasteiger partial charge is 0.317 e. The Kier molecular flexibility index (Phi) is 5.95. The van der Waals surface area contributed by atoms with Gasteiger partial charge in [0.15, 0.2) is 0 Å². The smallest absolute Gasteiger partial charge is 0.0347 e. The van der Waals surface area contributed by atoms with Crippen LogP contribution in [0.3, 0.4) is 0 Å². The van der Waals surface area contributed by atoms with E-state index in [1.54, 1.807) is 23.5 Å². The van der Waals surface area contributed by atoms with E-state index in [0.717, 1.165) is 22.6 Å². The number of hydrogen-bond acceptors (Lipinski definition) is 3. The van der Waals surface area contributed by atoms with Crippen molar-refractivity contribution in [3.8, 4) is 0 Å². The van der Waals surface area contributed by atoms with Crippen LogP contribution in [0.5, 0.6) is 0 Å². The molecule has 2 aliphatic rings. The number of pyridine rings is 2. The molecule has 0 spiro atoms. The maximum absolute atomic E-state index is 3.99. The maximum atomic E-state index is 3.99. The lowest BCUT2D eigenvalue weighted by Crippen LogP contribution is -2.33. The number of nitrogens with zero attached hydrogens (tertiary/aromatic N) is 2. The third-order valence-electron chi connectivity index (χ3n) is 7.87. The average molecular weight is 446 g/mol. The van der Waals surface area contributed by atoms with Crippen molar-refractivity contribution < 1.29 is 0 Å². The van der Waals surface area contributed by atoms with E-state index in [-0.39, 0.29) is 0 Å². The zero-order valence-corrected chi connectivity index (χ0v) is 19.6. The first-order valence-electron chi connectivity index (χ1n) is 12.6. The minimum absolute atomic E-state index is 0.900. The summed E-state index contributed by atoms with van der Waals surface area (Å²) in [6.07, 6.45) is 13.9. The van der Waals surface area contributed by atoms with Crippen LogP contribution < -0.4 is 5.32 Å². The monoisotopic (exact) mass is 445 g/mol. The van der Waals surface area contributed by atoms with E-state index in [1.165, 1.54) is 66.7 Å². The van der Waals surface area contributed by atoms with E-state index in [1.807, 2.05) is 24.5 Å². The Bertz CT molecular complexity index is 1370. The Hall–Kier alpha value is -3.30. The SMILES string of the molecule is c1cc2cnccc2cn1.c1ccc2c(c1)ccc1c3c(ccc12)CC(C1CCNCC1)CC3. The highest BCUT2D eigenvalue weighted by molar-refractivity contribution is 6.08. The number of benzene rings is 3. The Balaban J connectivity index is 0.000000182. The van der Waals surface area contributed by atoms with Gasteiger partial charge in [-0.15, -0.1) is 0 Å². The lowest BCUT2D eigenvalue weighted by molar-refractivity contribution is 0.238. The van der Waals surface area contributed by atoms with E-state index in [4.69, 9.17) is 0 Å². The van der Waals surface area contributed by atoms with Crippen molar-refractivity contribution in [1.82, 2.24) is 15.3 Å². The Labute approximate surface area is 201 Å². The topological polar surface area (TPSA) is 37.8 Å². The Morgan fingerprint density at radius 1 is 0.618 bits per heavy atom. The zero-order chi connectivity index (χ0) is 22.7. The van der Waals surface area contributed by atoms with Crippen molar-refractivity contribution in [2.75, 3.05) is 13.1 Å². The van der Waals surface area contributed by atoms with Crippen molar-refractivity contribution in [1.29, 1.82) is 0 Å². The van der Waals surface area contributed by atoms with E-state index in [0.29, 0.717) is 0 Å². The second-order valence-corrected chi connectivity index (χ2v) is 9.77. The maximum Gasteiger partial charge on any atom is 0.0347 e. The van der Waals surface area contributed by atoms with Gasteiger partial charge in [-0.05, 0) is 102 Å². The van der Waals surface area contributed by atoms with E-state index < -0.39 is 0 Å². The molecule has 170 valence electrons. The predicted octanol–water partition coefficient (Wildman–Crippen LogP) is 6.73. The van der Waals surface area contributed by atoms with Crippen LogP contribution in [-0.2, 0) is 12.8 Å². The molecule has 3 heterocycles. The molecule has 0 bridgehead atoms. The average Bonchev–Trinajstić information content (AvgIpc) is 2.93. The number of piperidine rings is 1. The number of aromatic nitrogens is 2. The summed E-state index contributed by atoms with van der Waals surface area (Å²) in [6.45, 7) is 2.44. The molecule has 0 radical (unpaired) electrons. The summed E-state index contributed by atoms with van der Waals surface area (Å²) in [6, 6.07) is 22.2. The molecule has 34 heavy (non-hydrogen) atoms. The lowest BCUT2D eigenvalue weighted by atomic mass is 9.73. The van der Waals surface area contributed by atoms with Crippen molar-refractivity contribution in [3.05, 3.63) is 96.6 Å². The van der Waals surface area contributed by atoms with Crippen molar-refractivity contribution >= 4 is 32.3 Å². The molecule has 1 unspecified atom stereocenters.